The third-order valence-corrected chi connectivity index (χ3v) is 4.73. The van der Waals surface area contributed by atoms with Gasteiger partial charge in [0.25, 0.3) is 0 Å². The lowest BCUT2D eigenvalue weighted by Gasteiger charge is -2.09. The molecule has 0 bridgehead atoms. The first-order valence-corrected chi connectivity index (χ1v) is 8.27. The summed E-state index contributed by atoms with van der Waals surface area (Å²) in [6.07, 6.45) is 7.24. The van der Waals surface area contributed by atoms with Gasteiger partial charge in [0.2, 0.25) is 5.91 Å². The number of benzene rings is 1. The average molecular weight is 289 g/mol. The molecule has 108 valence electrons. The lowest BCUT2D eigenvalue weighted by Crippen LogP contribution is -2.27. The van der Waals surface area contributed by atoms with Crippen LogP contribution in [-0.2, 0) is 4.79 Å². The summed E-state index contributed by atoms with van der Waals surface area (Å²) in [7, 11) is 0. The van der Waals surface area contributed by atoms with E-state index in [0.717, 1.165) is 25.1 Å². The average Bonchev–Trinajstić information content (AvgIpc) is 2.91. The van der Waals surface area contributed by atoms with Crippen molar-refractivity contribution >= 4 is 17.7 Å². The molecule has 2 nitrogen and oxygen atoms in total. The second-order valence-electron chi connectivity index (χ2n) is 5.41. The minimum Gasteiger partial charge on any atom is -0.355 e. The molecule has 0 fully saturated rings. The number of rotatable bonds is 6. The summed E-state index contributed by atoms with van der Waals surface area (Å²) in [6, 6.07) is 6.52. The van der Waals surface area contributed by atoms with Crippen LogP contribution in [0.25, 0.3) is 0 Å². The maximum atomic E-state index is 11.8. The van der Waals surface area contributed by atoms with E-state index in [1.54, 1.807) is 11.8 Å². The van der Waals surface area contributed by atoms with Crippen molar-refractivity contribution in [2.75, 3.05) is 12.3 Å². The molecular formula is C17H23NOS. The number of aryl methyl sites for hydroxylation is 2. The fraction of sp³-hybridized carbons (Fsp3) is 0.471. The molecule has 1 N–H and O–H groups in total. The fourth-order valence-electron chi connectivity index (χ4n) is 2.34. The SMILES string of the molecule is Cc1ccc(SCCNC(=O)C[C@H]2C=CCC2)cc1C. The van der Waals surface area contributed by atoms with Gasteiger partial charge in [-0.15, -0.1) is 11.8 Å². The lowest BCUT2D eigenvalue weighted by molar-refractivity contribution is -0.121. The minimum absolute atomic E-state index is 0.183. The van der Waals surface area contributed by atoms with Crippen molar-refractivity contribution in [3.8, 4) is 0 Å². The topological polar surface area (TPSA) is 29.1 Å². The first kappa shape index (κ1) is 15.2. The van der Waals surface area contributed by atoms with Crippen LogP contribution in [0, 0.1) is 19.8 Å². The molecule has 0 saturated heterocycles. The molecule has 0 radical (unpaired) electrons. The summed E-state index contributed by atoms with van der Waals surface area (Å²) in [5.74, 6) is 1.57. The van der Waals surface area contributed by atoms with Gasteiger partial charge in [-0.25, -0.2) is 0 Å². The van der Waals surface area contributed by atoms with Crippen LogP contribution in [-0.4, -0.2) is 18.2 Å². The van der Waals surface area contributed by atoms with Gasteiger partial charge in [0.1, 0.15) is 0 Å². The third-order valence-electron chi connectivity index (χ3n) is 3.73. The lowest BCUT2D eigenvalue weighted by atomic mass is 10.1. The van der Waals surface area contributed by atoms with Crippen LogP contribution in [0.3, 0.4) is 0 Å². The van der Waals surface area contributed by atoms with E-state index < -0.39 is 0 Å². The molecule has 0 aliphatic heterocycles. The van der Waals surface area contributed by atoms with Crippen LogP contribution in [0.1, 0.15) is 30.4 Å². The van der Waals surface area contributed by atoms with E-state index in [1.165, 1.54) is 16.0 Å². The quantitative estimate of drug-likeness (QED) is 0.489. The highest BCUT2D eigenvalue weighted by atomic mass is 32.2. The van der Waals surface area contributed by atoms with E-state index in [-0.39, 0.29) is 5.91 Å². The maximum Gasteiger partial charge on any atom is 0.220 e. The maximum absolute atomic E-state index is 11.8. The molecule has 1 aromatic rings. The summed E-state index contributed by atoms with van der Waals surface area (Å²) in [5, 5.41) is 3.01. The van der Waals surface area contributed by atoms with E-state index in [2.05, 4.69) is 49.5 Å². The van der Waals surface area contributed by atoms with Crippen LogP contribution in [0.15, 0.2) is 35.2 Å². The molecule has 0 saturated carbocycles. The van der Waals surface area contributed by atoms with Gasteiger partial charge in [-0.2, -0.15) is 0 Å². The van der Waals surface area contributed by atoms with Crippen LogP contribution >= 0.6 is 11.8 Å². The molecule has 0 heterocycles. The number of carbonyl (C=O) groups is 1. The number of thioether (sulfide) groups is 1. The van der Waals surface area contributed by atoms with Crippen molar-refractivity contribution in [3.63, 3.8) is 0 Å². The first-order chi connectivity index (χ1) is 9.65. The molecule has 0 aromatic heterocycles. The highest BCUT2D eigenvalue weighted by molar-refractivity contribution is 7.99. The van der Waals surface area contributed by atoms with Crippen LogP contribution in [0.2, 0.25) is 0 Å². The monoisotopic (exact) mass is 289 g/mol. The van der Waals surface area contributed by atoms with Gasteiger partial charge in [-0.3, -0.25) is 4.79 Å². The second-order valence-corrected chi connectivity index (χ2v) is 6.58. The second kappa shape index (κ2) is 7.53. The predicted octanol–water partition coefficient (Wildman–Crippen LogP) is 3.87. The highest BCUT2D eigenvalue weighted by Gasteiger charge is 2.13. The smallest absolute Gasteiger partial charge is 0.220 e. The van der Waals surface area contributed by atoms with Gasteiger partial charge in [-0.05, 0) is 55.9 Å². The van der Waals surface area contributed by atoms with Crippen molar-refractivity contribution in [1.82, 2.24) is 5.32 Å². The van der Waals surface area contributed by atoms with Gasteiger partial charge in [0.05, 0.1) is 0 Å². The summed E-state index contributed by atoms with van der Waals surface area (Å²) < 4.78 is 0. The number of nitrogens with one attached hydrogen (secondary N) is 1. The molecule has 1 amide bonds. The Morgan fingerprint density at radius 2 is 2.20 bits per heavy atom. The number of allylic oxidation sites excluding steroid dienone is 2. The van der Waals surface area contributed by atoms with Gasteiger partial charge in [0.15, 0.2) is 0 Å². The third kappa shape index (κ3) is 4.71. The Kier molecular flexibility index (Phi) is 5.72. The number of hydrogen-bond donors (Lipinski definition) is 1. The Morgan fingerprint density at radius 1 is 1.35 bits per heavy atom. The zero-order valence-corrected chi connectivity index (χ0v) is 13.1. The number of amides is 1. The molecule has 1 aliphatic carbocycles. The Balaban J connectivity index is 1.64. The molecule has 1 atom stereocenters. The Labute approximate surface area is 126 Å². The van der Waals surface area contributed by atoms with Crippen LogP contribution in [0.4, 0.5) is 0 Å². The van der Waals surface area contributed by atoms with E-state index in [0.29, 0.717) is 12.3 Å². The zero-order chi connectivity index (χ0) is 14.4. The first-order valence-electron chi connectivity index (χ1n) is 7.28. The number of hydrogen-bond acceptors (Lipinski definition) is 2. The molecule has 1 aliphatic rings. The van der Waals surface area contributed by atoms with Gasteiger partial charge < -0.3 is 5.32 Å². The molecule has 0 unspecified atom stereocenters. The fourth-order valence-corrected chi connectivity index (χ4v) is 3.20. The highest BCUT2D eigenvalue weighted by Crippen LogP contribution is 2.21. The molecule has 0 spiro atoms. The summed E-state index contributed by atoms with van der Waals surface area (Å²) in [4.78, 5) is 13.0. The Hall–Kier alpha value is -1.22. The van der Waals surface area contributed by atoms with Crippen molar-refractivity contribution in [1.29, 1.82) is 0 Å². The van der Waals surface area contributed by atoms with Gasteiger partial charge in [-0.1, -0.05) is 18.2 Å². The van der Waals surface area contributed by atoms with E-state index in [1.807, 2.05) is 0 Å². The zero-order valence-electron chi connectivity index (χ0n) is 12.3. The van der Waals surface area contributed by atoms with Crippen LogP contribution < -0.4 is 5.32 Å². The molecular weight excluding hydrogens is 266 g/mol. The molecule has 20 heavy (non-hydrogen) atoms. The summed E-state index contributed by atoms with van der Waals surface area (Å²) in [6.45, 7) is 5.00. The predicted molar refractivity (Wildman–Crippen MR) is 86.1 cm³/mol. The van der Waals surface area contributed by atoms with E-state index in [4.69, 9.17) is 0 Å². The van der Waals surface area contributed by atoms with E-state index in [9.17, 15) is 4.79 Å². The minimum atomic E-state index is 0.183. The standard InChI is InChI=1S/C17H23NOS/c1-13-7-8-16(11-14(13)2)20-10-9-18-17(19)12-15-5-3-4-6-15/h3,5,7-8,11,15H,4,6,9-10,12H2,1-2H3,(H,18,19)/t15-/m0/s1. The number of carbonyl (C=O) groups excluding carboxylic acids is 1. The van der Waals surface area contributed by atoms with Crippen molar-refractivity contribution in [2.24, 2.45) is 5.92 Å². The van der Waals surface area contributed by atoms with Gasteiger partial charge in [0, 0.05) is 23.6 Å². The molecule has 1 aromatic carbocycles. The van der Waals surface area contributed by atoms with Crippen molar-refractivity contribution in [2.45, 2.75) is 38.0 Å². The molecule has 3 heteroatoms. The normalized spacial score (nSPS) is 17.4. The Bertz CT molecular complexity index is 496. The Morgan fingerprint density at radius 3 is 2.90 bits per heavy atom. The van der Waals surface area contributed by atoms with Crippen LogP contribution in [0.5, 0.6) is 0 Å². The van der Waals surface area contributed by atoms with Crippen molar-refractivity contribution in [3.05, 3.63) is 41.5 Å². The van der Waals surface area contributed by atoms with Gasteiger partial charge >= 0.3 is 0 Å². The van der Waals surface area contributed by atoms with E-state index >= 15 is 0 Å². The largest absolute Gasteiger partial charge is 0.355 e. The van der Waals surface area contributed by atoms with Crippen molar-refractivity contribution < 1.29 is 4.79 Å². The summed E-state index contributed by atoms with van der Waals surface area (Å²) in [5.41, 5.74) is 2.65. The molecule has 2 rings (SSSR count). The summed E-state index contributed by atoms with van der Waals surface area (Å²) >= 11 is 1.80.